The SMILES string of the molecule is CC1CCN(C(=O)N(C)C)CC1O. The first-order valence-electron chi connectivity index (χ1n) is 4.66. The summed E-state index contributed by atoms with van der Waals surface area (Å²) in [6, 6.07) is -0.00838. The number of piperidine rings is 1. The number of aliphatic hydroxyl groups is 1. The smallest absolute Gasteiger partial charge is 0.319 e. The molecule has 1 aliphatic rings. The molecule has 0 spiro atoms. The van der Waals surface area contributed by atoms with Crippen LogP contribution in [0.2, 0.25) is 0 Å². The predicted octanol–water partition coefficient (Wildman–Crippen LogP) is 0.371. The Morgan fingerprint density at radius 2 is 2.15 bits per heavy atom. The fourth-order valence-corrected chi connectivity index (χ4v) is 1.51. The maximum Gasteiger partial charge on any atom is 0.319 e. The van der Waals surface area contributed by atoms with E-state index in [1.165, 1.54) is 0 Å². The van der Waals surface area contributed by atoms with Gasteiger partial charge in [0.1, 0.15) is 0 Å². The molecule has 0 aromatic carbocycles. The van der Waals surface area contributed by atoms with Gasteiger partial charge in [-0.25, -0.2) is 4.79 Å². The number of carbonyl (C=O) groups is 1. The van der Waals surface area contributed by atoms with Gasteiger partial charge in [-0.2, -0.15) is 0 Å². The highest BCUT2D eigenvalue weighted by atomic mass is 16.3. The molecule has 0 bridgehead atoms. The topological polar surface area (TPSA) is 43.8 Å². The molecule has 1 fully saturated rings. The van der Waals surface area contributed by atoms with E-state index >= 15 is 0 Å². The summed E-state index contributed by atoms with van der Waals surface area (Å²) in [6.07, 6.45) is 0.526. The van der Waals surface area contributed by atoms with Gasteiger partial charge in [-0.3, -0.25) is 0 Å². The molecule has 1 rings (SSSR count). The number of urea groups is 1. The Morgan fingerprint density at radius 3 is 2.62 bits per heavy atom. The van der Waals surface area contributed by atoms with E-state index in [9.17, 15) is 9.90 Å². The van der Waals surface area contributed by atoms with Crippen LogP contribution in [-0.2, 0) is 0 Å². The van der Waals surface area contributed by atoms with E-state index in [2.05, 4.69) is 0 Å². The number of nitrogens with zero attached hydrogens (tertiary/aromatic N) is 2. The zero-order chi connectivity index (χ0) is 10.0. The molecule has 4 heteroatoms. The van der Waals surface area contributed by atoms with Gasteiger partial charge in [0.2, 0.25) is 0 Å². The lowest BCUT2D eigenvalue weighted by Gasteiger charge is -2.35. The number of aliphatic hydroxyl groups excluding tert-OH is 1. The molecule has 2 amide bonds. The van der Waals surface area contributed by atoms with E-state index in [0.717, 1.165) is 13.0 Å². The first kappa shape index (κ1) is 10.3. The van der Waals surface area contributed by atoms with Gasteiger partial charge in [-0.05, 0) is 12.3 Å². The van der Waals surface area contributed by atoms with E-state index in [4.69, 9.17) is 0 Å². The zero-order valence-corrected chi connectivity index (χ0v) is 8.53. The third-order valence-corrected chi connectivity index (χ3v) is 2.57. The third-order valence-electron chi connectivity index (χ3n) is 2.57. The second-order valence-corrected chi connectivity index (χ2v) is 3.96. The number of likely N-dealkylation sites (tertiary alicyclic amines) is 1. The van der Waals surface area contributed by atoms with Gasteiger partial charge in [0, 0.05) is 27.2 Å². The van der Waals surface area contributed by atoms with Crippen LogP contribution in [0.3, 0.4) is 0 Å². The average molecular weight is 186 g/mol. The monoisotopic (exact) mass is 186 g/mol. The molecule has 4 nitrogen and oxygen atoms in total. The minimum atomic E-state index is -0.363. The maximum atomic E-state index is 11.5. The fourth-order valence-electron chi connectivity index (χ4n) is 1.51. The van der Waals surface area contributed by atoms with Gasteiger partial charge in [0.25, 0.3) is 0 Å². The molecule has 2 atom stereocenters. The minimum absolute atomic E-state index is 0.00838. The van der Waals surface area contributed by atoms with E-state index in [1.54, 1.807) is 23.9 Å². The Balaban J connectivity index is 2.50. The van der Waals surface area contributed by atoms with Crippen LogP contribution in [-0.4, -0.2) is 54.2 Å². The molecule has 0 aliphatic carbocycles. The van der Waals surface area contributed by atoms with Crippen molar-refractivity contribution in [1.29, 1.82) is 0 Å². The molecule has 0 aromatic rings. The standard InChI is InChI=1S/C9H18N2O2/c1-7-4-5-11(6-8(7)12)9(13)10(2)3/h7-8,12H,4-6H2,1-3H3. The molecule has 1 aliphatic heterocycles. The summed E-state index contributed by atoms with van der Waals surface area (Å²) in [5.41, 5.74) is 0. The maximum absolute atomic E-state index is 11.5. The van der Waals surface area contributed by atoms with Crippen molar-refractivity contribution in [1.82, 2.24) is 9.80 Å². The first-order valence-corrected chi connectivity index (χ1v) is 4.66. The van der Waals surface area contributed by atoms with Crippen LogP contribution >= 0.6 is 0 Å². The van der Waals surface area contributed by atoms with E-state index in [1.807, 2.05) is 6.92 Å². The van der Waals surface area contributed by atoms with Crippen molar-refractivity contribution < 1.29 is 9.90 Å². The van der Waals surface area contributed by atoms with Crippen molar-refractivity contribution in [3.8, 4) is 0 Å². The number of rotatable bonds is 0. The van der Waals surface area contributed by atoms with Crippen molar-refractivity contribution >= 4 is 6.03 Å². The molecule has 2 unspecified atom stereocenters. The molecular formula is C9H18N2O2. The van der Waals surface area contributed by atoms with Gasteiger partial charge >= 0.3 is 6.03 Å². The Labute approximate surface area is 79.1 Å². The highest BCUT2D eigenvalue weighted by molar-refractivity contribution is 5.73. The predicted molar refractivity (Wildman–Crippen MR) is 50.4 cm³/mol. The quantitative estimate of drug-likeness (QED) is 0.594. The van der Waals surface area contributed by atoms with Gasteiger partial charge < -0.3 is 14.9 Å². The normalized spacial score (nSPS) is 28.8. The summed E-state index contributed by atoms with van der Waals surface area (Å²) in [5, 5.41) is 9.57. The van der Waals surface area contributed by atoms with Gasteiger partial charge in [0.05, 0.1) is 6.10 Å². The number of β-amino-alcohol motifs (C(OH)–C–C–N with tert-alkyl or cyclic N) is 1. The third kappa shape index (κ3) is 2.34. The second-order valence-electron chi connectivity index (χ2n) is 3.96. The largest absolute Gasteiger partial charge is 0.391 e. The molecule has 1 N–H and O–H groups in total. The molecule has 0 radical (unpaired) electrons. The van der Waals surface area contributed by atoms with Crippen LogP contribution in [0.4, 0.5) is 4.79 Å². The lowest BCUT2D eigenvalue weighted by molar-refractivity contribution is 0.0382. The Hall–Kier alpha value is -0.770. The lowest BCUT2D eigenvalue weighted by Crippen LogP contribution is -2.49. The van der Waals surface area contributed by atoms with E-state index in [-0.39, 0.29) is 12.1 Å². The second kappa shape index (κ2) is 3.96. The molecule has 76 valence electrons. The molecule has 1 heterocycles. The Kier molecular flexibility index (Phi) is 3.14. The Bertz CT molecular complexity index is 194. The molecule has 13 heavy (non-hydrogen) atoms. The van der Waals surface area contributed by atoms with Crippen LogP contribution in [0.15, 0.2) is 0 Å². The molecular weight excluding hydrogens is 168 g/mol. The van der Waals surface area contributed by atoms with Crippen LogP contribution in [0.5, 0.6) is 0 Å². The lowest BCUT2D eigenvalue weighted by atomic mass is 9.96. The van der Waals surface area contributed by atoms with Crippen molar-refractivity contribution in [2.45, 2.75) is 19.4 Å². The van der Waals surface area contributed by atoms with Gasteiger partial charge in [0.15, 0.2) is 0 Å². The van der Waals surface area contributed by atoms with Crippen molar-refractivity contribution in [2.75, 3.05) is 27.2 Å². The first-order chi connectivity index (χ1) is 6.02. The van der Waals surface area contributed by atoms with Crippen molar-refractivity contribution in [2.24, 2.45) is 5.92 Å². The molecule has 0 saturated carbocycles. The van der Waals surface area contributed by atoms with E-state index < -0.39 is 0 Å². The van der Waals surface area contributed by atoms with Crippen LogP contribution in [0, 0.1) is 5.92 Å². The minimum Gasteiger partial charge on any atom is -0.391 e. The summed E-state index contributed by atoms with van der Waals surface area (Å²) in [7, 11) is 3.46. The fraction of sp³-hybridized carbons (Fsp3) is 0.889. The van der Waals surface area contributed by atoms with Gasteiger partial charge in [-0.1, -0.05) is 6.92 Å². The summed E-state index contributed by atoms with van der Waals surface area (Å²) >= 11 is 0. The van der Waals surface area contributed by atoms with E-state index in [0.29, 0.717) is 12.5 Å². The number of hydrogen-bond donors (Lipinski definition) is 1. The van der Waals surface area contributed by atoms with Crippen LogP contribution in [0.25, 0.3) is 0 Å². The average Bonchev–Trinajstić information content (AvgIpc) is 2.08. The zero-order valence-electron chi connectivity index (χ0n) is 8.53. The number of carbonyl (C=O) groups excluding carboxylic acids is 1. The summed E-state index contributed by atoms with van der Waals surface area (Å²) in [6.45, 7) is 3.25. The summed E-state index contributed by atoms with van der Waals surface area (Å²) in [4.78, 5) is 14.7. The Morgan fingerprint density at radius 1 is 1.54 bits per heavy atom. The molecule has 0 aromatic heterocycles. The van der Waals surface area contributed by atoms with Crippen LogP contribution in [0.1, 0.15) is 13.3 Å². The number of hydrogen-bond acceptors (Lipinski definition) is 2. The van der Waals surface area contributed by atoms with Crippen molar-refractivity contribution in [3.05, 3.63) is 0 Å². The number of amides is 2. The summed E-state index contributed by atoms with van der Waals surface area (Å²) < 4.78 is 0. The highest BCUT2D eigenvalue weighted by Crippen LogP contribution is 2.17. The summed E-state index contributed by atoms with van der Waals surface area (Å²) in [5.74, 6) is 0.311. The van der Waals surface area contributed by atoms with Crippen molar-refractivity contribution in [3.63, 3.8) is 0 Å². The van der Waals surface area contributed by atoms with Crippen LogP contribution < -0.4 is 0 Å². The van der Waals surface area contributed by atoms with Gasteiger partial charge in [-0.15, -0.1) is 0 Å². The molecule has 1 saturated heterocycles. The highest BCUT2D eigenvalue weighted by Gasteiger charge is 2.27.